The van der Waals surface area contributed by atoms with Crippen LogP contribution in [0.4, 0.5) is 0 Å². The fourth-order valence-electron chi connectivity index (χ4n) is 0.738. The third-order valence-electron chi connectivity index (χ3n) is 1.54. The van der Waals surface area contributed by atoms with Crippen LogP contribution in [0.2, 0.25) is 0 Å². The number of hydrogen-bond donors (Lipinski definition) is 1. The molecular formula is C8H13N3O. The fourth-order valence-corrected chi connectivity index (χ4v) is 0.738. The van der Waals surface area contributed by atoms with E-state index >= 15 is 0 Å². The molecule has 0 saturated heterocycles. The van der Waals surface area contributed by atoms with Gasteiger partial charge >= 0.3 is 0 Å². The highest BCUT2D eigenvalue weighted by molar-refractivity contribution is 6.06. The molecule has 0 radical (unpaired) electrons. The van der Waals surface area contributed by atoms with Gasteiger partial charge in [0, 0.05) is 13.0 Å². The van der Waals surface area contributed by atoms with E-state index in [1.165, 1.54) is 7.05 Å². The maximum atomic E-state index is 11.3. The normalized spacial score (nSPS) is 14.1. The first-order chi connectivity index (χ1) is 5.54. The van der Waals surface area contributed by atoms with Crippen molar-refractivity contribution < 1.29 is 4.79 Å². The minimum atomic E-state index is -0.880. The van der Waals surface area contributed by atoms with Gasteiger partial charge in [-0.2, -0.15) is 5.26 Å². The zero-order valence-corrected chi connectivity index (χ0v) is 7.53. The van der Waals surface area contributed by atoms with E-state index in [4.69, 9.17) is 11.0 Å². The van der Waals surface area contributed by atoms with Gasteiger partial charge in [0.1, 0.15) is 5.84 Å². The highest BCUT2D eigenvalue weighted by Gasteiger charge is 2.23. The van der Waals surface area contributed by atoms with Crippen LogP contribution in [0.1, 0.15) is 13.8 Å². The van der Waals surface area contributed by atoms with Crippen LogP contribution >= 0.6 is 0 Å². The van der Waals surface area contributed by atoms with Crippen molar-refractivity contribution in [3.63, 3.8) is 0 Å². The SMILES string of the molecule is CN=C(N)C(C#N)C(=O)C(C)C. The second kappa shape index (κ2) is 4.50. The topological polar surface area (TPSA) is 79.2 Å². The van der Waals surface area contributed by atoms with Gasteiger partial charge in [0.15, 0.2) is 11.7 Å². The Morgan fingerprint density at radius 2 is 2.08 bits per heavy atom. The summed E-state index contributed by atoms with van der Waals surface area (Å²) in [5, 5.41) is 8.62. The number of aliphatic imine (C=N–C) groups is 1. The van der Waals surface area contributed by atoms with Gasteiger partial charge in [-0.05, 0) is 0 Å². The smallest absolute Gasteiger partial charge is 0.161 e. The van der Waals surface area contributed by atoms with Gasteiger partial charge in [0.25, 0.3) is 0 Å². The van der Waals surface area contributed by atoms with E-state index in [1.807, 2.05) is 6.07 Å². The summed E-state index contributed by atoms with van der Waals surface area (Å²) in [6.07, 6.45) is 0. The predicted molar refractivity (Wildman–Crippen MR) is 46.5 cm³/mol. The van der Waals surface area contributed by atoms with Crippen LogP contribution < -0.4 is 5.73 Å². The Balaban J connectivity index is 4.61. The van der Waals surface area contributed by atoms with E-state index in [0.29, 0.717) is 0 Å². The molecule has 0 aromatic carbocycles. The first kappa shape index (κ1) is 10.6. The molecule has 0 heterocycles. The van der Waals surface area contributed by atoms with Crippen LogP contribution in [-0.2, 0) is 4.79 Å². The predicted octanol–water partition coefficient (Wildman–Crippen LogP) is 0.338. The summed E-state index contributed by atoms with van der Waals surface area (Å²) >= 11 is 0. The maximum Gasteiger partial charge on any atom is 0.161 e. The minimum absolute atomic E-state index is 0.0937. The Morgan fingerprint density at radius 1 is 1.58 bits per heavy atom. The number of ketones is 1. The Kier molecular flexibility index (Phi) is 3.98. The van der Waals surface area contributed by atoms with Gasteiger partial charge in [0.2, 0.25) is 0 Å². The Labute approximate surface area is 72.1 Å². The van der Waals surface area contributed by atoms with Gasteiger partial charge in [-0.25, -0.2) is 0 Å². The molecule has 0 aliphatic heterocycles. The molecule has 4 heteroatoms. The van der Waals surface area contributed by atoms with E-state index in [1.54, 1.807) is 13.8 Å². The van der Waals surface area contributed by atoms with Crippen molar-refractivity contribution in [3.05, 3.63) is 0 Å². The number of carbonyl (C=O) groups excluding carboxylic acids is 1. The number of nitrogens with zero attached hydrogens (tertiary/aromatic N) is 2. The average molecular weight is 167 g/mol. The van der Waals surface area contributed by atoms with E-state index in [2.05, 4.69) is 4.99 Å². The minimum Gasteiger partial charge on any atom is -0.386 e. The quantitative estimate of drug-likeness (QED) is 0.486. The number of nitrogens with two attached hydrogens (primary N) is 1. The molecule has 0 rings (SSSR count). The highest BCUT2D eigenvalue weighted by Crippen LogP contribution is 2.05. The summed E-state index contributed by atoms with van der Waals surface area (Å²) < 4.78 is 0. The lowest BCUT2D eigenvalue weighted by molar-refractivity contribution is -0.122. The molecular weight excluding hydrogens is 154 g/mol. The Hall–Kier alpha value is -1.37. The van der Waals surface area contributed by atoms with Gasteiger partial charge in [0.05, 0.1) is 6.07 Å². The number of Topliss-reactive ketones (excluding diaryl/α,β-unsaturated/α-hetero) is 1. The van der Waals surface area contributed by atoms with Gasteiger partial charge < -0.3 is 5.73 Å². The standard InChI is InChI=1S/C8H13N3O/c1-5(2)7(12)6(4-9)8(10)11-3/h5-6H,1-3H3,(H2,10,11). The molecule has 0 aliphatic carbocycles. The summed E-state index contributed by atoms with van der Waals surface area (Å²) in [4.78, 5) is 14.9. The monoisotopic (exact) mass is 167 g/mol. The van der Waals surface area contributed by atoms with Crippen LogP contribution in [0.3, 0.4) is 0 Å². The first-order valence-electron chi connectivity index (χ1n) is 3.70. The molecule has 0 fully saturated rings. The fraction of sp³-hybridized carbons (Fsp3) is 0.625. The van der Waals surface area contributed by atoms with Crippen LogP contribution in [0.25, 0.3) is 0 Å². The number of rotatable bonds is 3. The van der Waals surface area contributed by atoms with E-state index in [9.17, 15) is 4.79 Å². The summed E-state index contributed by atoms with van der Waals surface area (Å²) in [6, 6.07) is 1.83. The zero-order chi connectivity index (χ0) is 9.72. The zero-order valence-electron chi connectivity index (χ0n) is 7.53. The van der Waals surface area contributed by atoms with E-state index in [0.717, 1.165) is 0 Å². The number of hydrogen-bond acceptors (Lipinski definition) is 3. The molecule has 0 aromatic heterocycles. The second-order valence-corrected chi connectivity index (χ2v) is 2.77. The molecule has 1 atom stereocenters. The largest absolute Gasteiger partial charge is 0.386 e. The summed E-state index contributed by atoms with van der Waals surface area (Å²) in [6.45, 7) is 3.46. The molecule has 12 heavy (non-hydrogen) atoms. The van der Waals surface area contributed by atoms with Gasteiger partial charge in [-0.15, -0.1) is 0 Å². The van der Waals surface area contributed by atoms with Crippen molar-refractivity contribution in [2.24, 2.45) is 22.6 Å². The van der Waals surface area contributed by atoms with Gasteiger partial charge in [-0.3, -0.25) is 9.79 Å². The van der Waals surface area contributed by atoms with E-state index in [-0.39, 0.29) is 17.5 Å². The van der Waals surface area contributed by atoms with Crippen molar-refractivity contribution in [2.45, 2.75) is 13.8 Å². The third kappa shape index (κ3) is 2.35. The first-order valence-corrected chi connectivity index (χ1v) is 3.70. The molecule has 1 unspecified atom stereocenters. The molecule has 0 aliphatic rings. The Bertz CT molecular complexity index is 237. The summed E-state index contributed by atoms with van der Waals surface area (Å²) in [5.74, 6) is -1.15. The molecule has 0 bridgehead atoms. The molecule has 4 nitrogen and oxygen atoms in total. The number of nitriles is 1. The lowest BCUT2D eigenvalue weighted by atomic mass is 9.96. The molecule has 0 saturated carbocycles. The highest BCUT2D eigenvalue weighted by atomic mass is 16.1. The average Bonchev–Trinajstić information content (AvgIpc) is 2.05. The third-order valence-corrected chi connectivity index (χ3v) is 1.54. The molecule has 0 aromatic rings. The van der Waals surface area contributed by atoms with E-state index < -0.39 is 5.92 Å². The maximum absolute atomic E-state index is 11.3. The Morgan fingerprint density at radius 3 is 2.33 bits per heavy atom. The summed E-state index contributed by atoms with van der Waals surface area (Å²) in [7, 11) is 1.47. The van der Waals surface area contributed by atoms with Crippen molar-refractivity contribution in [2.75, 3.05) is 7.05 Å². The van der Waals surface area contributed by atoms with Gasteiger partial charge in [-0.1, -0.05) is 13.8 Å². The van der Waals surface area contributed by atoms with Crippen molar-refractivity contribution >= 4 is 11.6 Å². The van der Waals surface area contributed by atoms with Crippen molar-refractivity contribution in [1.29, 1.82) is 5.26 Å². The van der Waals surface area contributed by atoms with Crippen molar-refractivity contribution in [1.82, 2.24) is 0 Å². The lowest BCUT2D eigenvalue weighted by Gasteiger charge is -2.08. The van der Waals surface area contributed by atoms with Crippen LogP contribution in [-0.4, -0.2) is 18.7 Å². The number of amidine groups is 1. The lowest BCUT2D eigenvalue weighted by Crippen LogP contribution is -2.31. The second-order valence-electron chi connectivity index (χ2n) is 2.77. The number of carbonyl (C=O) groups is 1. The van der Waals surface area contributed by atoms with Crippen LogP contribution in [0.15, 0.2) is 4.99 Å². The van der Waals surface area contributed by atoms with Crippen LogP contribution in [0.5, 0.6) is 0 Å². The molecule has 2 N–H and O–H groups in total. The molecule has 0 amide bonds. The molecule has 66 valence electrons. The summed E-state index contributed by atoms with van der Waals surface area (Å²) in [5.41, 5.74) is 5.37. The van der Waals surface area contributed by atoms with Crippen molar-refractivity contribution in [3.8, 4) is 6.07 Å². The molecule has 0 spiro atoms. The van der Waals surface area contributed by atoms with Crippen LogP contribution in [0, 0.1) is 23.2 Å².